The predicted molar refractivity (Wildman–Crippen MR) is 106 cm³/mol. The van der Waals surface area contributed by atoms with Crippen LogP contribution in [0.1, 0.15) is 25.1 Å². The molecule has 5 heterocycles. The maximum atomic E-state index is 6.24. The van der Waals surface area contributed by atoms with Crippen LogP contribution in [0.4, 0.5) is 17.5 Å². The predicted octanol–water partition coefficient (Wildman–Crippen LogP) is 2.22. The van der Waals surface area contributed by atoms with Gasteiger partial charge in [-0.25, -0.2) is 4.98 Å². The van der Waals surface area contributed by atoms with Crippen molar-refractivity contribution < 1.29 is 9.47 Å². The Balaban J connectivity index is 1.43. The van der Waals surface area contributed by atoms with Crippen LogP contribution in [0, 0.1) is 6.92 Å². The van der Waals surface area contributed by atoms with E-state index in [1.807, 2.05) is 0 Å². The van der Waals surface area contributed by atoms with E-state index in [9.17, 15) is 0 Å². The SMILES string of the molecule is Cc1c2c(nn1C1CN(C3COC3)C1)OCCC(C)Nc1nc(ncc1Cl)N2. The van der Waals surface area contributed by atoms with Crippen molar-refractivity contribution in [3.05, 3.63) is 16.9 Å². The first-order valence-corrected chi connectivity index (χ1v) is 10.1. The van der Waals surface area contributed by atoms with Gasteiger partial charge in [0.15, 0.2) is 5.82 Å². The van der Waals surface area contributed by atoms with Crippen LogP contribution in [0.15, 0.2) is 6.20 Å². The van der Waals surface area contributed by atoms with Gasteiger partial charge in [-0.15, -0.1) is 5.10 Å². The van der Waals surface area contributed by atoms with Gasteiger partial charge in [-0.1, -0.05) is 11.6 Å². The molecule has 10 heteroatoms. The van der Waals surface area contributed by atoms with E-state index in [0.29, 0.717) is 41.4 Å². The molecule has 2 saturated heterocycles. The number of anilines is 3. The second-order valence-corrected chi connectivity index (χ2v) is 8.11. The summed E-state index contributed by atoms with van der Waals surface area (Å²) < 4.78 is 13.4. The molecule has 0 saturated carbocycles. The molecule has 5 rings (SSSR count). The van der Waals surface area contributed by atoms with Crippen molar-refractivity contribution in [1.29, 1.82) is 0 Å². The minimum atomic E-state index is 0.162. The van der Waals surface area contributed by atoms with Crippen LogP contribution >= 0.6 is 11.6 Å². The Kier molecular flexibility index (Phi) is 4.53. The number of hydrogen-bond acceptors (Lipinski definition) is 8. The maximum absolute atomic E-state index is 6.24. The van der Waals surface area contributed by atoms with Crippen molar-refractivity contribution in [3.8, 4) is 5.88 Å². The highest BCUT2D eigenvalue weighted by atomic mass is 35.5. The Morgan fingerprint density at radius 2 is 2.07 bits per heavy atom. The molecule has 0 radical (unpaired) electrons. The van der Waals surface area contributed by atoms with E-state index < -0.39 is 0 Å². The van der Waals surface area contributed by atoms with Gasteiger partial charge in [-0.2, -0.15) is 4.98 Å². The molecule has 9 nitrogen and oxygen atoms in total. The van der Waals surface area contributed by atoms with Gasteiger partial charge >= 0.3 is 0 Å². The van der Waals surface area contributed by atoms with Gasteiger partial charge in [0.1, 0.15) is 10.7 Å². The molecule has 3 aliphatic heterocycles. The van der Waals surface area contributed by atoms with Crippen molar-refractivity contribution in [2.75, 3.05) is 43.5 Å². The van der Waals surface area contributed by atoms with Crippen molar-refractivity contribution >= 4 is 29.1 Å². The molecule has 2 bridgehead atoms. The fourth-order valence-electron chi connectivity index (χ4n) is 3.75. The summed E-state index contributed by atoms with van der Waals surface area (Å²) in [6.07, 6.45) is 2.41. The number of nitrogens with zero attached hydrogens (tertiary/aromatic N) is 5. The second-order valence-electron chi connectivity index (χ2n) is 7.71. The molecule has 2 fully saturated rings. The smallest absolute Gasteiger partial charge is 0.257 e. The molecule has 1 unspecified atom stereocenters. The average Bonchev–Trinajstić information content (AvgIpc) is 2.86. The van der Waals surface area contributed by atoms with Crippen molar-refractivity contribution in [2.24, 2.45) is 0 Å². The van der Waals surface area contributed by atoms with Gasteiger partial charge in [0.25, 0.3) is 5.88 Å². The average molecular weight is 406 g/mol. The van der Waals surface area contributed by atoms with Crippen molar-refractivity contribution in [1.82, 2.24) is 24.6 Å². The standard InChI is InChI=1S/C18H24ClN7O2/c1-10-3-4-28-17-15(22-18-20-5-14(19)16(21-10)23-18)11(2)26(24-17)12-6-25(7-12)13-8-27-9-13/h5,10,12-13H,3-4,6-9H2,1-2H3,(H2,20,21,22,23). The molecule has 3 aliphatic rings. The van der Waals surface area contributed by atoms with Gasteiger partial charge in [0, 0.05) is 25.6 Å². The zero-order valence-electron chi connectivity index (χ0n) is 16.0. The Hall–Kier alpha value is -2.10. The number of nitrogens with one attached hydrogen (secondary N) is 2. The molecular formula is C18H24ClN7O2. The van der Waals surface area contributed by atoms with Gasteiger partial charge in [0.05, 0.1) is 43.8 Å². The number of hydrogen-bond donors (Lipinski definition) is 2. The van der Waals surface area contributed by atoms with E-state index in [1.165, 1.54) is 0 Å². The lowest BCUT2D eigenvalue weighted by atomic mass is 10.0. The molecule has 0 amide bonds. The van der Waals surface area contributed by atoms with Crippen LogP contribution in [0.2, 0.25) is 5.02 Å². The third kappa shape index (κ3) is 3.17. The first kappa shape index (κ1) is 18.0. The fraction of sp³-hybridized carbons (Fsp3) is 0.611. The molecule has 0 aromatic carbocycles. The number of fused-ring (bicyclic) bond motifs is 3. The summed E-state index contributed by atoms with van der Waals surface area (Å²) in [7, 11) is 0. The molecular weight excluding hydrogens is 382 g/mol. The monoisotopic (exact) mass is 405 g/mol. The largest absolute Gasteiger partial charge is 0.475 e. The Labute approximate surface area is 168 Å². The molecule has 0 spiro atoms. The van der Waals surface area contributed by atoms with Crippen LogP contribution < -0.4 is 15.4 Å². The summed E-state index contributed by atoms with van der Waals surface area (Å²) in [4.78, 5) is 11.3. The van der Waals surface area contributed by atoms with Gasteiger partial charge in [-0.05, 0) is 13.8 Å². The fourth-order valence-corrected chi connectivity index (χ4v) is 3.89. The Morgan fingerprint density at radius 3 is 2.82 bits per heavy atom. The van der Waals surface area contributed by atoms with Crippen LogP contribution in [0.25, 0.3) is 0 Å². The summed E-state index contributed by atoms with van der Waals surface area (Å²) in [6.45, 7) is 8.33. The van der Waals surface area contributed by atoms with Crippen LogP contribution in [-0.2, 0) is 4.74 Å². The maximum Gasteiger partial charge on any atom is 0.257 e. The van der Waals surface area contributed by atoms with E-state index in [4.69, 9.17) is 26.2 Å². The highest BCUT2D eigenvalue weighted by molar-refractivity contribution is 6.32. The second kappa shape index (κ2) is 7.06. The molecule has 2 N–H and O–H groups in total. The van der Waals surface area contributed by atoms with Crippen LogP contribution in [-0.4, -0.2) is 69.6 Å². The number of rotatable bonds is 2. The van der Waals surface area contributed by atoms with Gasteiger partial charge in [0.2, 0.25) is 5.95 Å². The van der Waals surface area contributed by atoms with E-state index >= 15 is 0 Å². The van der Waals surface area contributed by atoms with Gasteiger partial charge in [-0.3, -0.25) is 9.58 Å². The minimum absolute atomic E-state index is 0.162. The Bertz CT molecular complexity index is 879. The first-order valence-electron chi connectivity index (χ1n) is 9.68. The zero-order chi connectivity index (χ0) is 19.3. The third-order valence-corrected chi connectivity index (χ3v) is 5.92. The lowest BCUT2D eigenvalue weighted by Crippen LogP contribution is -2.59. The topological polar surface area (TPSA) is 89.4 Å². The summed E-state index contributed by atoms with van der Waals surface area (Å²) in [6, 6.07) is 1.07. The van der Waals surface area contributed by atoms with Gasteiger partial charge < -0.3 is 20.1 Å². The highest BCUT2D eigenvalue weighted by Crippen LogP contribution is 2.36. The molecule has 150 valence electrons. The van der Waals surface area contributed by atoms with Crippen LogP contribution in [0.5, 0.6) is 5.88 Å². The molecule has 0 aliphatic carbocycles. The summed E-state index contributed by atoms with van der Waals surface area (Å²) in [5.74, 6) is 1.69. The number of halogens is 1. The molecule has 2 aromatic rings. The highest BCUT2D eigenvalue weighted by Gasteiger charge is 2.38. The summed E-state index contributed by atoms with van der Waals surface area (Å²) >= 11 is 6.24. The molecule has 1 atom stereocenters. The van der Waals surface area contributed by atoms with Crippen molar-refractivity contribution in [3.63, 3.8) is 0 Å². The summed E-state index contributed by atoms with van der Waals surface area (Å²) in [5, 5.41) is 11.9. The minimum Gasteiger partial charge on any atom is -0.475 e. The van der Waals surface area contributed by atoms with E-state index in [2.05, 4.69) is 44.0 Å². The lowest BCUT2D eigenvalue weighted by molar-refractivity contribution is -0.1000. The molecule has 2 aromatic heterocycles. The number of likely N-dealkylation sites (tertiary alicyclic amines) is 1. The lowest BCUT2D eigenvalue weighted by Gasteiger charge is -2.47. The van der Waals surface area contributed by atoms with E-state index in [1.54, 1.807) is 6.20 Å². The van der Waals surface area contributed by atoms with Crippen molar-refractivity contribution in [2.45, 2.75) is 38.4 Å². The first-order chi connectivity index (χ1) is 13.6. The number of aromatic nitrogens is 4. The quantitative estimate of drug-likeness (QED) is 0.786. The van der Waals surface area contributed by atoms with E-state index in [-0.39, 0.29) is 6.04 Å². The third-order valence-electron chi connectivity index (χ3n) is 5.64. The normalized spacial score (nSPS) is 23.3. The van der Waals surface area contributed by atoms with Crippen LogP contribution in [0.3, 0.4) is 0 Å². The molecule has 28 heavy (non-hydrogen) atoms. The zero-order valence-corrected chi connectivity index (χ0v) is 16.7. The number of ether oxygens (including phenoxy) is 2. The Morgan fingerprint density at radius 1 is 1.25 bits per heavy atom. The summed E-state index contributed by atoms with van der Waals surface area (Å²) in [5.41, 5.74) is 1.83. The van der Waals surface area contributed by atoms with E-state index in [0.717, 1.165) is 44.1 Å².